The summed E-state index contributed by atoms with van der Waals surface area (Å²) in [7, 11) is 0. The number of hydrogen-bond donors (Lipinski definition) is 1. The van der Waals surface area contributed by atoms with Gasteiger partial charge >= 0.3 is 0 Å². The summed E-state index contributed by atoms with van der Waals surface area (Å²) in [5.41, 5.74) is 1.58. The van der Waals surface area contributed by atoms with Crippen LogP contribution in [-0.2, 0) is 0 Å². The van der Waals surface area contributed by atoms with E-state index in [1.54, 1.807) is 12.1 Å². The Morgan fingerprint density at radius 2 is 2.00 bits per heavy atom. The third kappa shape index (κ3) is 5.29. The molecule has 15 heavy (non-hydrogen) atoms. The first kappa shape index (κ1) is 13.8. The molecule has 0 fully saturated rings. The van der Waals surface area contributed by atoms with Crippen LogP contribution in [-0.4, -0.2) is 0 Å². The lowest BCUT2D eigenvalue weighted by Crippen LogP contribution is -1.78. The predicted molar refractivity (Wildman–Crippen MR) is 69.1 cm³/mol. The van der Waals surface area contributed by atoms with Gasteiger partial charge in [-0.15, -0.1) is 12.6 Å². The van der Waals surface area contributed by atoms with E-state index in [1.807, 2.05) is 18.2 Å². The second-order valence-electron chi connectivity index (χ2n) is 3.09. The first-order chi connectivity index (χ1) is 7.19. The van der Waals surface area contributed by atoms with Gasteiger partial charge < -0.3 is 0 Å². The maximum atomic E-state index is 8.56. The van der Waals surface area contributed by atoms with Crippen molar-refractivity contribution in [3.63, 3.8) is 0 Å². The van der Waals surface area contributed by atoms with Gasteiger partial charge in [0.1, 0.15) is 6.07 Å². The predicted octanol–water partition coefficient (Wildman–Crippen LogP) is 4.30. The van der Waals surface area contributed by atoms with Crippen molar-refractivity contribution in [1.82, 2.24) is 0 Å². The number of benzene rings is 1. The van der Waals surface area contributed by atoms with E-state index in [9.17, 15) is 0 Å². The van der Waals surface area contributed by atoms with E-state index in [1.165, 1.54) is 12.8 Å². The molecule has 1 aromatic rings. The van der Waals surface area contributed by atoms with E-state index in [-0.39, 0.29) is 0 Å². The SMILES string of the molecule is C=Cc1ccc(C#N)c(S)c1.CCCC. The van der Waals surface area contributed by atoms with E-state index < -0.39 is 0 Å². The van der Waals surface area contributed by atoms with Crippen molar-refractivity contribution < 1.29 is 0 Å². The fraction of sp³-hybridized carbons (Fsp3) is 0.308. The summed E-state index contributed by atoms with van der Waals surface area (Å²) in [5.74, 6) is 0. The molecular weight excluding hydrogens is 202 g/mol. The summed E-state index contributed by atoms with van der Waals surface area (Å²) in [4.78, 5) is 0.699. The Balaban J connectivity index is 0.000000423. The number of unbranched alkanes of at least 4 members (excludes halogenated alkanes) is 1. The Labute approximate surface area is 97.8 Å². The van der Waals surface area contributed by atoms with Crippen LogP contribution in [0.15, 0.2) is 29.7 Å². The van der Waals surface area contributed by atoms with Crippen LogP contribution in [0.1, 0.15) is 37.8 Å². The van der Waals surface area contributed by atoms with Gasteiger partial charge in [-0.2, -0.15) is 5.26 Å². The standard InChI is InChI=1S/C9H7NS.C4H10/c1-2-7-3-4-8(6-10)9(11)5-7;1-3-4-2/h2-5,11H,1H2;3-4H2,1-2H3. The van der Waals surface area contributed by atoms with Crippen molar-refractivity contribution in [3.05, 3.63) is 35.9 Å². The molecule has 0 saturated carbocycles. The first-order valence-corrected chi connectivity index (χ1v) is 5.49. The lowest BCUT2D eigenvalue weighted by Gasteiger charge is -1.96. The molecule has 0 spiro atoms. The Morgan fingerprint density at radius 3 is 2.33 bits per heavy atom. The molecule has 0 aliphatic carbocycles. The van der Waals surface area contributed by atoms with E-state index in [4.69, 9.17) is 5.26 Å². The van der Waals surface area contributed by atoms with Crippen molar-refractivity contribution >= 4 is 18.7 Å². The number of hydrogen-bond acceptors (Lipinski definition) is 2. The highest BCUT2D eigenvalue weighted by molar-refractivity contribution is 7.80. The van der Waals surface area contributed by atoms with Gasteiger partial charge in [0.05, 0.1) is 5.56 Å². The highest BCUT2D eigenvalue weighted by Gasteiger charge is 1.96. The molecule has 0 unspecified atom stereocenters. The molecule has 80 valence electrons. The minimum atomic E-state index is 0.596. The van der Waals surface area contributed by atoms with Crippen LogP contribution in [0.5, 0.6) is 0 Å². The van der Waals surface area contributed by atoms with Crippen molar-refractivity contribution in [2.45, 2.75) is 31.6 Å². The smallest absolute Gasteiger partial charge is 0.100 e. The third-order valence-corrected chi connectivity index (χ3v) is 2.25. The molecular formula is C13H17NS. The highest BCUT2D eigenvalue weighted by atomic mass is 32.1. The molecule has 1 rings (SSSR count). The van der Waals surface area contributed by atoms with Gasteiger partial charge in [-0.05, 0) is 17.7 Å². The molecule has 0 bridgehead atoms. The Morgan fingerprint density at radius 1 is 1.40 bits per heavy atom. The zero-order valence-electron chi connectivity index (χ0n) is 9.33. The Hall–Kier alpha value is -1.20. The largest absolute Gasteiger partial charge is 0.192 e. The molecule has 0 aliphatic heterocycles. The van der Waals surface area contributed by atoms with Crippen molar-refractivity contribution in [1.29, 1.82) is 5.26 Å². The zero-order chi connectivity index (χ0) is 11.7. The minimum Gasteiger partial charge on any atom is -0.192 e. The molecule has 1 nitrogen and oxygen atoms in total. The maximum Gasteiger partial charge on any atom is 0.100 e. The lowest BCUT2D eigenvalue weighted by molar-refractivity contribution is 0.886. The second kappa shape index (κ2) is 8.14. The zero-order valence-corrected chi connectivity index (χ0v) is 10.2. The Bertz CT molecular complexity index is 348. The van der Waals surface area contributed by atoms with Crippen LogP contribution in [0, 0.1) is 11.3 Å². The van der Waals surface area contributed by atoms with Crippen molar-refractivity contribution in [3.8, 4) is 6.07 Å². The highest BCUT2D eigenvalue weighted by Crippen LogP contribution is 2.15. The van der Waals surface area contributed by atoms with Crippen molar-refractivity contribution in [2.24, 2.45) is 0 Å². The summed E-state index contributed by atoms with van der Waals surface area (Å²) in [5, 5.41) is 8.56. The summed E-state index contributed by atoms with van der Waals surface area (Å²) < 4.78 is 0. The topological polar surface area (TPSA) is 23.8 Å². The molecule has 0 N–H and O–H groups in total. The fourth-order valence-corrected chi connectivity index (χ4v) is 1.04. The third-order valence-electron chi connectivity index (χ3n) is 1.88. The molecule has 0 amide bonds. The molecule has 0 atom stereocenters. The van der Waals surface area contributed by atoms with E-state index in [0.717, 1.165) is 5.56 Å². The van der Waals surface area contributed by atoms with Gasteiger partial charge in [0.25, 0.3) is 0 Å². The van der Waals surface area contributed by atoms with Crippen LogP contribution in [0.3, 0.4) is 0 Å². The van der Waals surface area contributed by atoms with Crippen LogP contribution in [0.2, 0.25) is 0 Å². The van der Waals surface area contributed by atoms with E-state index in [2.05, 4.69) is 33.1 Å². The fourth-order valence-electron chi connectivity index (χ4n) is 0.770. The van der Waals surface area contributed by atoms with Gasteiger partial charge in [-0.1, -0.05) is 45.4 Å². The second-order valence-corrected chi connectivity index (χ2v) is 3.57. The maximum absolute atomic E-state index is 8.56. The molecule has 0 radical (unpaired) electrons. The van der Waals surface area contributed by atoms with Crippen LogP contribution < -0.4 is 0 Å². The molecule has 2 heteroatoms. The number of nitriles is 1. The van der Waals surface area contributed by atoms with Crippen LogP contribution in [0.4, 0.5) is 0 Å². The molecule has 0 aromatic heterocycles. The minimum absolute atomic E-state index is 0.596. The van der Waals surface area contributed by atoms with E-state index in [0.29, 0.717) is 10.5 Å². The van der Waals surface area contributed by atoms with Gasteiger partial charge in [0.15, 0.2) is 0 Å². The van der Waals surface area contributed by atoms with Crippen LogP contribution >= 0.6 is 12.6 Å². The van der Waals surface area contributed by atoms with Gasteiger partial charge in [-0.25, -0.2) is 0 Å². The normalized spacial score (nSPS) is 8.40. The number of nitrogens with zero attached hydrogens (tertiary/aromatic N) is 1. The monoisotopic (exact) mass is 219 g/mol. The number of rotatable bonds is 2. The first-order valence-electron chi connectivity index (χ1n) is 5.05. The molecule has 0 aliphatic rings. The molecule has 1 aromatic carbocycles. The number of thiol groups is 1. The molecule has 0 saturated heterocycles. The Kier molecular flexibility index (Phi) is 7.49. The average Bonchev–Trinajstić information content (AvgIpc) is 2.29. The van der Waals surface area contributed by atoms with Gasteiger partial charge in [-0.3, -0.25) is 0 Å². The lowest BCUT2D eigenvalue weighted by atomic mass is 10.1. The van der Waals surface area contributed by atoms with Crippen molar-refractivity contribution in [2.75, 3.05) is 0 Å². The molecule has 0 heterocycles. The summed E-state index contributed by atoms with van der Waals surface area (Å²) in [6.07, 6.45) is 4.36. The summed E-state index contributed by atoms with van der Waals surface area (Å²) in [6, 6.07) is 7.42. The van der Waals surface area contributed by atoms with Gasteiger partial charge in [0.2, 0.25) is 0 Å². The van der Waals surface area contributed by atoms with E-state index >= 15 is 0 Å². The summed E-state index contributed by atoms with van der Waals surface area (Å²) in [6.45, 7) is 7.97. The average molecular weight is 219 g/mol. The van der Waals surface area contributed by atoms with Gasteiger partial charge in [0, 0.05) is 4.90 Å². The summed E-state index contributed by atoms with van der Waals surface area (Å²) >= 11 is 4.13. The quantitative estimate of drug-likeness (QED) is 0.737. The van der Waals surface area contributed by atoms with Crippen LogP contribution in [0.25, 0.3) is 6.08 Å².